The van der Waals surface area contributed by atoms with Crippen LogP contribution in [0.4, 0.5) is 5.82 Å². The third kappa shape index (κ3) is 4.04. The Morgan fingerprint density at radius 2 is 1.71 bits per heavy atom. The lowest BCUT2D eigenvalue weighted by molar-refractivity contribution is 0.590. The van der Waals surface area contributed by atoms with Crippen molar-refractivity contribution in [2.75, 3.05) is 5.43 Å². The molecule has 21 heavy (non-hydrogen) atoms. The number of rotatable bonds is 3. The molecule has 2 aromatic rings. The summed E-state index contributed by atoms with van der Waals surface area (Å²) in [5.41, 5.74) is 3.88. The fourth-order valence-electron chi connectivity index (χ4n) is 1.76. The highest BCUT2D eigenvalue weighted by Crippen LogP contribution is 2.36. The molecule has 1 aromatic carbocycles. The van der Waals surface area contributed by atoms with Crippen LogP contribution in [-0.4, -0.2) is 4.98 Å². The van der Waals surface area contributed by atoms with Gasteiger partial charge in [-0.15, -0.1) is 0 Å². The van der Waals surface area contributed by atoms with Crippen LogP contribution in [-0.2, 0) is 5.41 Å². The Balaban J connectivity index is 2.26. The van der Waals surface area contributed by atoms with Crippen LogP contribution in [0.25, 0.3) is 0 Å². The number of halogens is 2. The molecule has 0 aliphatic carbocycles. The molecule has 0 saturated carbocycles. The van der Waals surface area contributed by atoms with Crippen LogP contribution in [0.5, 0.6) is 0 Å². The van der Waals surface area contributed by atoms with Gasteiger partial charge in [-0.3, -0.25) is 0 Å². The van der Waals surface area contributed by atoms with Crippen LogP contribution in [0.2, 0.25) is 10.0 Å². The van der Waals surface area contributed by atoms with Crippen molar-refractivity contribution >= 4 is 40.8 Å². The number of pyridine rings is 1. The van der Waals surface area contributed by atoms with E-state index in [0.717, 1.165) is 4.90 Å². The van der Waals surface area contributed by atoms with E-state index in [2.05, 4.69) is 55.4 Å². The van der Waals surface area contributed by atoms with Gasteiger partial charge >= 0.3 is 0 Å². The number of nitrogens with two attached hydrogens (primary N) is 1. The Morgan fingerprint density at radius 3 is 2.24 bits per heavy atom. The molecule has 0 atom stereocenters. The van der Waals surface area contributed by atoms with E-state index >= 15 is 0 Å². The molecule has 0 radical (unpaired) electrons. The minimum absolute atomic E-state index is 0.135. The second-order valence-corrected chi connectivity index (χ2v) is 7.50. The van der Waals surface area contributed by atoms with Gasteiger partial charge in [0.1, 0.15) is 5.03 Å². The van der Waals surface area contributed by atoms with Crippen LogP contribution < -0.4 is 11.3 Å². The highest BCUT2D eigenvalue weighted by molar-refractivity contribution is 7.99. The van der Waals surface area contributed by atoms with Crippen molar-refractivity contribution in [2.45, 2.75) is 36.1 Å². The zero-order chi connectivity index (χ0) is 15.6. The average Bonchev–Trinajstić information content (AvgIpc) is 2.41. The number of nitrogen functional groups attached to an aromatic ring is 1. The molecule has 6 heteroatoms. The number of nitrogens with zero attached hydrogens (tertiary/aromatic N) is 1. The molecule has 0 bridgehead atoms. The van der Waals surface area contributed by atoms with Crippen LogP contribution in [0.3, 0.4) is 0 Å². The van der Waals surface area contributed by atoms with E-state index in [1.165, 1.54) is 17.3 Å². The Labute approximate surface area is 139 Å². The zero-order valence-corrected chi connectivity index (χ0v) is 14.4. The topological polar surface area (TPSA) is 50.9 Å². The molecule has 0 unspecified atom stereocenters. The standard InChI is InChI=1S/C15H17Cl2N3S/c1-15(2,3)9-4-6-10(7-5-9)21-14-12(17)8-11(16)13(19-14)20-18/h4-8H,18H2,1-3H3,(H,19,20). The molecular formula is C15H17Cl2N3S. The number of hydrazine groups is 1. The first-order chi connectivity index (χ1) is 9.81. The van der Waals surface area contributed by atoms with Gasteiger partial charge in [0.25, 0.3) is 0 Å². The number of nitrogens with one attached hydrogen (secondary N) is 1. The van der Waals surface area contributed by atoms with E-state index in [-0.39, 0.29) is 5.41 Å². The van der Waals surface area contributed by atoms with Gasteiger partial charge in [-0.2, -0.15) is 0 Å². The minimum atomic E-state index is 0.135. The molecular weight excluding hydrogens is 325 g/mol. The first kappa shape index (κ1) is 16.4. The molecule has 2 rings (SSSR count). The van der Waals surface area contributed by atoms with Gasteiger partial charge < -0.3 is 5.43 Å². The first-order valence-corrected chi connectivity index (χ1v) is 7.99. The highest BCUT2D eigenvalue weighted by atomic mass is 35.5. The van der Waals surface area contributed by atoms with Gasteiger partial charge in [0.2, 0.25) is 0 Å². The van der Waals surface area contributed by atoms with Crippen molar-refractivity contribution in [1.29, 1.82) is 0 Å². The summed E-state index contributed by atoms with van der Waals surface area (Å²) in [5, 5.41) is 1.57. The van der Waals surface area contributed by atoms with Gasteiger partial charge in [0.05, 0.1) is 10.0 Å². The van der Waals surface area contributed by atoms with Gasteiger partial charge in [0, 0.05) is 4.90 Å². The molecule has 0 amide bonds. The molecule has 0 fully saturated rings. The van der Waals surface area contributed by atoms with E-state index in [9.17, 15) is 0 Å². The quantitative estimate of drug-likeness (QED) is 0.600. The van der Waals surface area contributed by atoms with E-state index in [4.69, 9.17) is 29.0 Å². The lowest BCUT2D eigenvalue weighted by atomic mass is 9.87. The fourth-order valence-corrected chi connectivity index (χ4v) is 3.07. The summed E-state index contributed by atoms with van der Waals surface area (Å²) in [6.45, 7) is 6.56. The lowest BCUT2D eigenvalue weighted by Gasteiger charge is -2.19. The summed E-state index contributed by atoms with van der Waals surface area (Å²) >= 11 is 13.6. The average molecular weight is 342 g/mol. The number of hydrogen-bond donors (Lipinski definition) is 2. The Bertz CT molecular complexity index is 637. The summed E-state index contributed by atoms with van der Waals surface area (Å²) in [6, 6.07) is 10.0. The normalized spacial score (nSPS) is 11.5. The Morgan fingerprint density at radius 1 is 1.10 bits per heavy atom. The van der Waals surface area contributed by atoms with Crippen LogP contribution >= 0.6 is 35.0 Å². The predicted molar refractivity (Wildman–Crippen MR) is 91.3 cm³/mol. The van der Waals surface area contributed by atoms with E-state index < -0.39 is 0 Å². The molecule has 3 N–H and O–H groups in total. The van der Waals surface area contributed by atoms with Crippen molar-refractivity contribution in [1.82, 2.24) is 4.98 Å². The molecule has 0 aliphatic rings. The number of hydrogen-bond acceptors (Lipinski definition) is 4. The summed E-state index contributed by atoms with van der Waals surface area (Å²) < 4.78 is 0. The SMILES string of the molecule is CC(C)(C)c1ccc(Sc2nc(NN)c(Cl)cc2Cl)cc1. The molecule has 1 aromatic heterocycles. The van der Waals surface area contributed by atoms with Gasteiger partial charge in [0.15, 0.2) is 5.82 Å². The van der Waals surface area contributed by atoms with Crippen LogP contribution in [0.15, 0.2) is 40.3 Å². The van der Waals surface area contributed by atoms with Gasteiger partial charge in [-0.05, 0) is 29.2 Å². The lowest BCUT2D eigenvalue weighted by Crippen LogP contribution is -2.10. The molecule has 1 heterocycles. The minimum Gasteiger partial charge on any atom is -0.307 e. The number of benzene rings is 1. The monoisotopic (exact) mass is 341 g/mol. The largest absolute Gasteiger partial charge is 0.307 e. The van der Waals surface area contributed by atoms with Crippen molar-refractivity contribution < 1.29 is 0 Å². The molecule has 112 valence electrons. The summed E-state index contributed by atoms with van der Waals surface area (Å²) in [6.07, 6.45) is 0. The molecule has 3 nitrogen and oxygen atoms in total. The van der Waals surface area contributed by atoms with Crippen LogP contribution in [0.1, 0.15) is 26.3 Å². The maximum absolute atomic E-state index is 6.18. The van der Waals surface area contributed by atoms with Crippen LogP contribution in [0, 0.1) is 0 Å². The Kier molecular flexibility index (Phi) is 5.04. The fraction of sp³-hybridized carbons (Fsp3) is 0.267. The van der Waals surface area contributed by atoms with Crippen molar-refractivity contribution in [3.63, 3.8) is 0 Å². The van der Waals surface area contributed by atoms with Gasteiger partial charge in [-0.1, -0.05) is 67.9 Å². The predicted octanol–water partition coefficient (Wildman–Crippen LogP) is 5.12. The summed E-state index contributed by atoms with van der Waals surface area (Å²) in [4.78, 5) is 5.38. The van der Waals surface area contributed by atoms with Crippen molar-refractivity contribution in [3.05, 3.63) is 45.9 Å². The number of aromatic nitrogens is 1. The third-order valence-corrected chi connectivity index (χ3v) is 4.67. The maximum Gasteiger partial charge on any atom is 0.160 e. The summed E-state index contributed by atoms with van der Waals surface area (Å²) in [5.74, 6) is 5.79. The Hall–Kier alpha value is -0.940. The zero-order valence-electron chi connectivity index (χ0n) is 12.1. The van der Waals surface area contributed by atoms with Crippen molar-refractivity contribution in [3.8, 4) is 0 Å². The maximum atomic E-state index is 6.18. The first-order valence-electron chi connectivity index (χ1n) is 6.42. The van der Waals surface area contributed by atoms with Crippen molar-refractivity contribution in [2.24, 2.45) is 5.84 Å². The summed E-state index contributed by atoms with van der Waals surface area (Å²) in [7, 11) is 0. The van der Waals surface area contributed by atoms with Gasteiger partial charge in [-0.25, -0.2) is 10.8 Å². The second-order valence-electron chi connectivity index (χ2n) is 5.63. The smallest absolute Gasteiger partial charge is 0.160 e. The number of anilines is 1. The van der Waals surface area contributed by atoms with E-state index in [1.807, 2.05) is 0 Å². The molecule has 0 saturated heterocycles. The third-order valence-electron chi connectivity index (χ3n) is 2.97. The highest BCUT2D eigenvalue weighted by Gasteiger charge is 2.14. The van der Waals surface area contributed by atoms with E-state index in [1.54, 1.807) is 6.07 Å². The molecule has 0 spiro atoms. The second kappa shape index (κ2) is 6.44. The van der Waals surface area contributed by atoms with E-state index in [0.29, 0.717) is 20.9 Å². The molecule has 0 aliphatic heterocycles.